The van der Waals surface area contributed by atoms with Gasteiger partial charge < -0.3 is 9.13 Å². The Morgan fingerprint density at radius 1 is 0.229 bits per heavy atom. The molecule has 0 bridgehead atoms. The zero-order chi connectivity index (χ0) is 47.4. The van der Waals surface area contributed by atoms with Gasteiger partial charge in [0.1, 0.15) is 0 Å². The summed E-state index contributed by atoms with van der Waals surface area (Å²) in [6.07, 6.45) is 0. The van der Waals surface area contributed by atoms with E-state index in [0.29, 0.717) is 0 Å². The Morgan fingerprint density at radius 2 is 0.514 bits per heavy atom. The fourth-order valence-corrected chi connectivity index (χ4v) is 12.3. The maximum atomic E-state index is 2.47. The van der Waals surface area contributed by atoms with E-state index in [4.69, 9.17) is 0 Å². The van der Waals surface area contributed by atoms with Gasteiger partial charge in [0.2, 0.25) is 0 Å². The highest BCUT2D eigenvalue weighted by Gasteiger charge is 2.23. The van der Waals surface area contributed by atoms with E-state index in [1.807, 2.05) is 0 Å². The predicted octanol–water partition coefficient (Wildman–Crippen LogP) is 18.7. The summed E-state index contributed by atoms with van der Waals surface area (Å²) in [4.78, 5) is 0. The molecule has 2 aromatic heterocycles. The first kappa shape index (κ1) is 41.7. The molecule has 11 aromatic carbocycles. The van der Waals surface area contributed by atoms with Crippen molar-refractivity contribution in [3.63, 3.8) is 0 Å². The van der Waals surface area contributed by atoms with Crippen molar-refractivity contribution in [2.24, 2.45) is 0 Å². The van der Waals surface area contributed by atoms with Crippen LogP contribution < -0.4 is 0 Å². The average Bonchev–Trinajstić information content (AvgIpc) is 3.89. The van der Waals surface area contributed by atoms with Gasteiger partial charge in [-0.25, -0.2) is 0 Å². The third-order valence-electron chi connectivity index (χ3n) is 15.0. The first-order chi connectivity index (χ1) is 34.2. The fraction of sp³-hybridized carbons (Fsp3) is 0.0882. The molecular weight excluding hydrogens is 845 g/mol. The van der Waals surface area contributed by atoms with E-state index in [0.717, 1.165) is 11.4 Å². The Kier molecular flexibility index (Phi) is 9.58. The normalized spacial score (nSPS) is 11.9. The second-order valence-electron chi connectivity index (χ2n) is 19.7. The number of hydrogen-bond acceptors (Lipinski definition) is 0. The summed E-state index contributed by atoms with van der Waals surface area (Å²) < 4.78 is 4.80. The maximum Gasteiger partial charge on any atom is 0.0541 e. The molecule has 2 nitrogen and oxygen atoms in total. The lowest BCUT2D eigenvalue weighted by atomic mass is 9.80. The Bertz CT molecular complexity index is 3840. The van der Waals surface area contributed by atoms with Gasteiger partial charge in [-0.05, 0) is 191 Å². The molecule has 13 aromatic rings. The van der Waals surface area contributed by atoms with E-state index >= 15 is 0 Å². The van der Waals surface area contributed by atoms with Gasteiger partial charge in [0.15, 0.2) is 0 Å². The topological polar surface area (TPSA) is 9.86 Å². The molecule has 0 aliphatic rings. The minimum Gasteiger partial charge on any atom is -0.309 e. The molecule has 0 atom stereocenters. The van der Waals surface area contributed by atoms with Crippen molar-refractivity contribution in [2.45, 2.75) is 41.5 Å². The van der Waals surface area contributed by atoms with Crippen molar-refractivity contribution in [3.8, 4) is 55.9 Å². The number of aryl methyl sites for hydroxylation is 6. The molecule has 13 rings (SSSR count). The van der Waals surface area contributed by atoms with Crippen LogP contribution in [0, 0.1) is 41.5 Å². The van der Waals surface area contributed by atoms with Gasteiger partial charge in [-0.2, -0.15) is 0 Å². The van der Waals surface area contributed by atoms with Crippen molar-refractivity contribution >= 4 is 65.2 Å². The zero-order valence-electron chi connectivity index (χ0n) is 40.5. The molecule has 0 saturated heterocycles. The summed E-state index contributed by atoms with van der Waals surface area (Å²) in [5.41, 5.74) is 24.9. The highest BCUT2D eigenvalue weighted by atomic mass is 15.0. The molecule has 0 unspecified atom stereocenters. The first-order valence-corrected chi connectivity index (χ1v) is 24.6. The molecular formula is C68H52N2. The van der Waals surface area contributed by atoms with E-state index in [2.05, 4.69) is 257 Å². The molecule has 334 valence electrons. The number of para-hydroxylation sites is 4. The van der Waals surface area contributed by atoms with Gasteiger partial charge in [-0.1, -0.05) is 157 Å². The third kappa shape index (κ3) is 6.47. The highest BCUT2D eigenvalue weighted by molar-refractivity contribution is 6.23. The van der Waals surface area contributed by atoms with Gasteiger partial charge in [-0.15, -0.1) is 0 Å². The summed E-state index contributed by atoms with van der Waals surface area (Å²) >= 11 is 0. The van der Waals surface area contributed by atoms with Crippen LogP contribution in [0.5, 0.6) is 0 Å². The standard InChI is InChI=1S/C68H52N2/c1-41-35-43(3)65(44(4)36-41)67-57-33-27-50(48-25-31-52(32-26-48)70-63-21-13-9-17-55(63)56-18-10-14-22-64(56)70)40-60(57)68(66-45(5)37-42(2)38-46(66)6)58-34-28-49(39-59(58)67)47-23-29-51(30-24-47)69-61-19-11-7-15-53(61)54-16-8-12-20-62(54)69/h7-40H,1-6H3. The number of hydrogen-bond donors (Lipinski definition) is 0. The minimum absolute atomic E-state index is 1.16. The van der Waals surface area contributed by atoms with Gasteiger partial charge in [-0.3, -0.25) is 0 Å². The van der Waals surface area contributed by atoms with Crippen molar-refractivity contribution in [1.29, 1.82) is 0 Å². The summed E-state index contributed by atoms with van der Waals surface area (Å²) in [6, 6.07) is 77.2. The van der Waals surface area contributed by atoms with Crippen LogP contribution >= 0.6 is 0 Å². The number of aromatic nitrogens is 2. The lowest BCUT2D eigenvalue weighted by Gasteiger charge is -2.23. The van der Waals surface area contributed by atoms with Crippen LogP contribution in [-0.4, -0.2) is 9.13 Å². The zero-order valence-corrected chi connectivity index (χ0v) is 40.5. The summed E-state index contributed by atoms with van der Waals surface area (Å²) in [6.45, 7) is 13.6. The molecule has 2 heterocycles. The van der Waals surface area contributed by atoms with Gasteiger partial charge >= 0.3 is 0 Å². The smallest absolute Gasteiger partial charge is 0.0541 e. The van der Waals surface area contributed by atoms with Crippen LogP contribution in [0.1, 0.15) is 33.4 Å². The van der Waals surface area contributed by atoms with E-state index in [-0.39, 0.29) is 0 Å². The minimum atomic E-state index is 1.16. The molecule has 0 amide bonds. The predicted molar refractivity (Wildman–Crippen MR) is 300 cm³/mol. The molecule has 0 N–H and O–H groups in total. The third-order valence-corrected chi connectivity index (χ3v) is 15.0. The SMILES string of the molecule is Cc1cc(C)c(-c2c3ccc(-c4ccc(-n5c6ccccc6c6ccccc65)cc4)cc3c(-c3c(C)cc(C)cc3C)c3ccc(-c4ccc(-n5c6ccccc6c6ccccc65)cc4)cc23)c(C)c1. The van der Waals surface area contributed by atoms with Crippen LogP contribution in [0.2, 0.25) is 0 Å². The molecule has 0 spiro atoms. The van der Waals surface area contributed by atoms with E-state index < -0.39 is 0 Å². The van der Waals surface area contributed by atoms with Crippen LogP contribution in [0.4, 0.5) is 0 Å². The van der Waals surface area contributed by atoms with Crippen molar-refractivity contribution in [3.05, 3.63) is 240 Å². The van der Waals surface area contributed by atoms with E-state index in [9.17, 15) is 0 Å². The van der Waals surface area contributed by atoms with Gasteiger partial charge in [0.05, 0.1) is 22.1 Å². The summed E-state index contributed by atoms with van der Waals surface area (Å²) in [5, 5.41) is 10.2. The first-order valence-electron chi connectivity index (χ1n) is 24.6. The van der Waals surface area contributed by atoms with Crippen molar-refractivity contribution in [2.75, 3.05) is 0 Å². The van der Waals surface area contributed by atoms with Crippen LogP contribution in [0.25, 0.3) is 121 Å². The van der Waals surface area contributed by atoms with Crippen LogP contribution in [0.15, 0.2) is 206 Å². The highest BCUT2D eigenvalue weighted by Crippen LogP contribution is 2.49. The van der Waals surface area contributed by atoms with Crippen molar-refractivity contribution in [1.82, 2.24) is 9.13 Å². The molecule has 70 heavy (non-hydrogen) atoms. The molecule has 2 heteroatoms. The largest absolute Gasteiger partial charge is 0.309 e. The number of nitrogens with zero attached hydrogens (tertiary/aromatic N) is 2. The fourth-order valence-electron chi connectivity index (χ4n) is 12.3. The average molecular weight is 897 g/mol. The quantitative estimate of drug-likeness (QED) is 0.147. The monoisotopic (exact) mass is 896 g/mol. The van der Waals surface area contributed by atoms with Gasteiger partial charge in [0, 0.05) is 32.9 Å². The molecule has 0 aliphatic carbocycles. The van der Waals surface area contributed by atoms with Crippen LogP contribution in [-0.2, 0) is 0 Å². The second kappa shape index (κ2) is 16.1. The van der Waals surface area contributed by atoms with Crippen LogP contribution in [0.3, 0.4) is 0 Å². The summed E-state index contributed by atoms with van der Waals surface area (Å²) in [7, 11) is 0. The van der Waals surface area contributed by atoms with Gasteiger partial charge in [0.25, 0.3) is 0 Å². The van der Waals surface area contributed by atoms with Crippen molar-refractivity contribution < 1.29 is 0 Å². The van der Waals surface area contributed by atoms with E-state index in [1.54, 1.807) is 0 Å². The number of rotatable bonds is 6. The lowest BCUT2D eigenvalue weighted by molar-refractivity contribution is 1.18. The Morgan fingerprint density at radius 3 is 0.829 bits per heavy atom. The Labute approximate surface area is 409 Å². The Hall–Kier alpha value is -8.46. The molecule has 0 saturated carbocycles. The van der Waals surface area contributed by atoms with E-state index in [1.165, 1.54) is 143 Å². The molecule has 0 aliphatic heterocycles. The molecule has 0 fully saturated rings. The maximum absolute atomic E-state index is 2.47. The summed E-state index contributed by atoms with van der Waals surface area (Å²) in [5.74, 6) is 0. The Balaban J connectivity index is 1.03. The lowest BCUT2D eigenvalue weighted by Crippen LogP contribution is -1.98. The second-order valence-corrected chi connectivity index (χ2v) is 19.7. The molecule has 0 radical (unpaired) electrons. The number of fused-ring (bicyclic) bond motifs is 8. The number of benzene rings is 11.